The Morgan fingerprint density at radius 2 is 2.00 bits per heavy atom. The van der Waals surface area contributed by atoms with E-state index >= 15 is 0 Å². The van der Waals surface area contributed by atoms with Crippen LogP contribution in [-0.2, 0) is 14.3 Å². The maximum absolute atomic E-state index is 12.1. The van der Waals surface area contributed by atoms with E-state index in [9.17, 15) is 9.59 Å². The van der Waals surface area contributed by atoms with Crippen molar-refractivity contribution in [2.24, 2.45) is 0 Å². The standard InChI is InChI=1S/C14H25NO5/c1-14(2,3)20-13(18)15-8-5-4-6-11(15)10-19-9-7-12(16)17/h11H,4-10H2,1-3H3,(H,16,17). The lowest BCUT2D eigenvalue weighted by Gasteiger charge is -2.36. The third-order valence-corrected chi connectivity index (χ3v) is 3.03. The van der Waals surface area contributed by atoms with Crippen LogP contribution in [0.3, 0.4) is 0 Å². The Morgan fingerprint density at radius 1 is 1.30 bits per heavy atom. The molecule has 0 aromatic heterocycles. The molecule has 1 amide bonds. The van der Waals surface area contributed by atoms with Gasteiger partial charge in [0.2, 0.25) is 0 Å². The van der Waals surface area contributed by atoms with Crippen LogP contribution in [0.4, 0.5) is 4.79 Å². The average Bonchev–Trinajstić information content (AvgIpc) is 2.32. The van der Waals surface area contributed by atoms with E-state index in [1.54, 1.807) is 4.90 Å². The Bertz CT molecular complexity index is 337. The molecule has 1 rings (SSSR count). The molecule has 1 aliphatic heterocycles. The van der Waals surface area contributed by atoms with Crippen molar-refractivity contribution >= 4 is 12.1 Å². The second-order valence-corrected chi connectivity index (χ2v) is 6.04. The first-order valence-electron chi connectivity index (χ1n) is 7.09. The Kier molecular flexibility index (Phi) is 6.26. The quantitative estimate of drug-likeness (QED) is 0.785. The molecule has 1 heterocycles. The minimum Gasteiger partial charge on any atom is -0.481 e. The fraction of sp³-hybridized carbons (Fsp3) is 0.857. The van der Waals surface area contributed by atoms with Gasteiger partial charge < -0.3 is 19.5 Å². The molecule has 0 radical (unpaired) electrons. The first-order chi connectivity index (χ1) is 9.29. The van der Waals surface area contributed by atoms with Gasteiger partial charge in [0.25, 0.3) is 0 Å². The van der Waals surface area contributed by atoms with Gasteiger partial charge in [0.1, 0.15) is 5.60 Å². The van der Waals surface area contributed by atoms with Gasteiger partial charge in [-0.25, -0.2) is 4.79 Å². The summed E-state index contributed by atoms with van der Waals surface area (Å²) in [5.74, 6) is -0.877. The molecule has 1 atom stereocenters. The second kappa shape index (κ2) is 7.47. The molecule has 0 saturated carbocycles. The number of aliphatic carboxylic acids is 1. The van der Waals surface area contributed by atoms with E-state index in [2.05, 4.69) is 0 Å². The number of likely N-dealkylation sites (tertiary alicyclic amines) is 1. The number of ether oxygens (including phenoxy) is 2. The normalized spacial score (nSPS) is 19.8. The molecule has 1 N–H and O–H groups in total. The number of piperidine rings is 1. The molecule has 0 aromatic rings. The number of carbonyl (C=O) groups excluding carboxylic acids is 1. The van der Waals surface area contributed by atoms with E-state index in [1.807, 2.05) is 20.8 Å². The number of carboxylic acid groups (broad SMARTS) is 1. The van der Waals surface area contributed by atoms with E-state index < -0.39 is 11.6 Å². The molecule has 0 aromatic carbocycles. The number of hydrogen-bond acceptors (Lipinski definition) is 4. The predicted octanol–water partition coefficient (Wildman–Crippen LogP) is 2.27. The lowest BCUT2D eigenvalue weighted by molar-refractivity contribution is -0.138. The molecule has 6 heteroatoms. The molecule has 116 valence electrons. The van der Waals surface area contributed by atoms with Crippen LogP contribution in [-0.4, -0.2) is 53.5 Å². The van der Waals surface area contributed by atoms with E-state index in [4.69, 9.17) is 14.6 Å². The van der Waals surface area contributed by atoms with Gasteiger partial charge >= 0.3 is 12.1 Å². The van der Waals surface area contributed by atoms with E-state index in [1.165, 1.54) is 0 Å². The zero-order valence-corrected chi connectivity index (χ0v) is 12.6. The monoisotopic (exact) mass is 287 g/mol. The van der Waals surface area contributed by atoms with Crippen molar-refractivity contribution in [3.8, 4) is 0 Å². The fourth-order valence-electron chi connectivity index (χ4n) is 2.11. The lowest BCUT2D eigenvalue weighted by Crippen LogP contribution is -2.48. The molecule has 1 aliphatic rings. The molecule has 1 fully saturated rings. The summed E-state index contributed by atoms with van der Waals surface area (Å²) in [6.07, 6.45) is 2.55. The van der Waals surface area contributed by atoms with Gasteiger partial charge in [-0.2, -0.15) is 0 Å². The van der Waals surface area contributed by atoms with E-state index in [-0.39, 0.29) is 25.2 Å². The lowest BCUT2D eigenvalue weighted by atomic mass is 10.0. The second-order valence-electron chi connectivity index (χ2n) is 6.04. The van der Waals surface area contributed by atoms with Crippen LogP contribution < -0.4 is 0 Å². The summed E-state index contributed by atoms with van der Waals surface area (Å²) in [5.41, 5.74) is -0.511. The summed E-state index contributed by atoms with van der Waals surface area (Å²) in [4.78, 5) is 24.2. The van der Waals surface area contributed by atoms with Crippen molar-refractivity contribution in [1.29, 1.82) is 0 Å². The number of rotatable bonds is 5. The molecular weight excluding hydrogens is 262 g/mol. The first kappa shape index (κ1) is 16.8. The maximum Gasteiger partial charge on any atom is 0.410 e. The third kappa shape index (κ3) is 6.23. The van der Waals surface area contributed by atoms with Crippen LogP contribution in [0.1, 0.15) is 46.5 Å². The summed E-state index contributed by atoms with van der Waals surface area (Å²) >= 11 is 0. The Balaban J connectivity index is 2.45. The maximum atomic E-state index is 12.1. The Morgan fingerprint density at radius 3 is 2.60 bits per heavy atom. The number of hydrogen-bond donors (Lipinski definition) is 1. The molecule has 1 saturated heterocycles. The minimum atomic E-state index is -0.877. The van der Waals surface area contributed by atoms with Crippen LogP contribution in [0.2, 0.25) is 0 Å². The molecule has 1 unspecified atom stereocenters. The highest BCUT2D eigenvalue weighted by Gasteiger charge is 2.30. The van der Waals surface area contributed by atoms with Crippen LogP contribution in [0.5, 0.6) is 0 Å². The highest BCUT2D eigenvalue weighted by molar-refractivity contribution is 5.68. The van der Waals surface area contributed by atoms with Gasteiger partial charge in [-0.1, -0.05) is 0 Å². The predicted molar refractivity (Wildman–Crippen MR) is 73.7 cm³/mol. The average molecular weight is 287 g/mol. The van der Waals surface area contributed by atoms with Gasteiger partial charge in [-0.15, -0.1) is 0 Å². The Hall–Kier alpha value is -1.30. The van der Waals surface area contributed by atoms with Crippen LogP contribution >= 0.6 is 0 Å². The minimum absolute atomic E-state index is 0.0147. The summed E-state index contributed by atoms with van der Waals surface area (Å²) in [6.45, 7) is 6.73. The van der Waals surface area contributed by atoms with E-state index in [0.717, 1.165) is 19.3 Å². The molecule has 0 bridgehead atoms. The highest BCUT2D eigenvalue weighted by atomic mass is 16.6. The molecule has 20 heavy (non-hydrogen) atoms. The number of nitrogens with zero attached hydrogens (tertiary/aromatic N) is 1. The van der Waals surface area contributed by atoms with Crippen molar-refractivity contribution in [3.05, 3.63) is 0 Å². The SMILES string of the molecule is CC(C)(C)OC(=O)N1CCCCC1COCCC(=O)O. The first-order valence-corrected chi connectivity index (χ1v) is 7.09. The molecular formula is C14H25NO5. The highest BCUT2D eigenvalue weighted by Crippen LogP contribution is 2.20. The topological polar surface area (TPSA) is 76.1 Å². The van der Waals surface area contributed by atoms with Crippen molar-refractivity contribution in [3.63, 3.8) is 0 Å². The third-order valence-electron chi connectivity index (χ3n) is 3.03. The smallest absolute Gasteiger partial charge is 0.410 e. The van der Waals surface area contributed by atoms with E-state index in [0.29, 0.717) is 13.2 Å². The molecule has 6 nitrogen and oxygen atoms in total. The van der Waals surface area contributed by atoms with Crippen molar-refractivity contribution in [1.82, 2.24) is 4.90 Å². The summed E-state index contributed by atoms with van der Waals surface area (Å²) in [5, 5.41) is 8.55. The fourth-order valence-corrected chi connectivity index (χ4v) is 2.11. The van der Waals surface area contributed by atoms with Crippen LogP contribution in [0.15, 0.2) is 0 Å². The van der Waals surface area contributed by atoms with Gasteiger partial charge in [-0.05, 0) is 40.0 Å². The zero-order valence-electron chi connectivity index (χ0n) is 12.6. The van der Waals surface area contributed by atoms with Crippen LogP contribution in [0, 0.1) is 0 Å². The number of amides is 1. The largest absolute Gasteiger partial charge is 0.481 e. The van der Waals surface area contributed by atoms with Crippen molar-refractivity contribution in [2.45, 2.75) is 58.1 Å². The summed E-state index contributed by atoms with van der Waals surface area (Å²) < 4.78 is 10.8. The van der Waals surface area contributed by atoms with Gasteiger partial charge in [0.15, 0.2) is 0 Å². The van der Waals surface area contributed by atoms with Crippen molar-refractivity contribution < 1.29 is 24.2 Å². The van der Waals surface area contributed by atoms with Crippen LogP contribution in [0.25, 0.3) is 0 Å². The number of carbonyl (C=O) groups is 2. The number of carboxylic acids is 1. The molecule has 0 spiro atoms. The molecule has 0 aliphatic carbocycles. The van der Waals surface area contributed by atoms with Crippen molar-refractivity contribution in [2.75, 3.05) is 19.8 Å². The van der Waals surface area contributed by atoms with Gasteiger partial charge in [-0.3, -0.25) is 4.79 Å². The Labute approximate surface area is 120 Å². The zero-order chi connectivity index (χ0) is 15.2. The van der Waals surface area contributed by atoms with Gasteiger partial charge in [0, 0.05) is 6.54 Å². The summed E-state index contributed by atoms with van der Waals surface area (Å²) in [7, 11) is 0. The summed E-state index contributed by atoms with van der Waals surface area (Å²) in [6, 6.07) is -0.0209. The van der Waals surface area contributed by atoms with Gasteiger partial charge in [0.05, 0.1) is 25.7 Å².